The lowest BCUT2D eigenvalue weighted by Crippen LogP contribution is -2.33. The minimum atomic E-state index is -1.34. The fourth-order valence-corrected chi connectivity index (χ4v) is 6.25. The molecule has 228 valence electrons. The van der Waals surface area contributed by atoms with Gasteiger partial charge >= 0.3 is 5.97 Å². The molecule has 1 unspecified atom stereocenters. The minimum absolute atomic E-state index is 0.0123. The molecule has 0 saturated carbocycles. The monoisotopic (exact) mass is 617 g/mol. The summed E-state index contributed by atoms with van der Waals surface area (Å²) in [4.78, 5) is 26.8. The number of ether oxygens (including phenoxy) is 3. The highest BCUT2D eigenvalue weighted by molar-refractivity contribution is 6.06. The quantitative estimate of drug-likeness (QED) is 0.182. The third kappa shape index (κ3) is 4.94. The van der Waals surface area contributed by atoms with E-state index in [-0.39, 0.29) is 11.7 Å². The normalized spacial score (nSPS) is 15.5. The molecule has 2 aliphatic heterocycles. The lowest BCUT2D eigenvalue weighted by Gasteiger charge is -2.36. The van der Waals surface area contributed by atoms with Crippen LogP contribution in [0, 0.1) is 0 Å². The Morgan fingerprint density at radius 2 is 1.36 bits per heavy atom. The number of nitrogens with one attached hydrogen (secondary N) is 1. The average molecular weight is 618 g/mol. The fraction of sp³-hybridized carbons (Fsp3) is 0.0500. The number of benzene rings is 6. The molecule has 1 amide bonds. The van der Waals surface area contributed by atoms with Crippen LogP contribution >= 0.6 is 0 Å². The van der Waals surface area contributed by atoms with E-state index in [1.54, 1.807) is 42.5 Å². The summed E-state index contributed by atoms with van der Waals surface area (Å²) in [5.41, 5.74) is 4.80. The topological polar surface area (TPSA) is 94.1 Å². The van der Waals surface area contributed by atoms with Gasteiger partial charge in [-0.3, -0.25) is 4.79 Å². The second-order valence-electron chi connectivity index (χ2n) is 11.4. The SMILES string of the molecule is O=C(Nc1ccc2c(c1)C(=O)OC21c2ccc(O)cc2Oc2cc(OCc3ccccc3)ccc21)c1ccc(-c2ccccc2)cc1. The van der Waals surface area contributed by atoms with Crippen molar-refractivity contribution >= 4 is 17.6 Å². The number of carbonyl (C=O) groups excluding carboxylic acids is 2. The second kappa shape index (κ2) is 11.2. The Hall–Kier alpha value is -6.34. The zero-order valence-electron chi connectivity index (χ0n) is 25.0. The van der Waals surface area contributed by atoms with Crippen LogP contribution in [-0.4, -0.2) is 17.0 Å². The van der Waals surface area contributed by atoms with Gasteiger partial charge in [0.05, 0.1) is 5.56 Å². The highest BCUT2D eigenvalue weighted by Crippen LogP contribution is 2.57. The summed E-state index contributed by atoms with van der Waals surface area (Å²) in [7, 11) is 0. The van der Waals surface area contributed by atoms with Crippen LogP contribution in [0.4, 0.5) is 5.69 Å². The Bertz CT molecular complexity index is 2160. The van der Waals surface area contributed by atoms with E-state index in [1.807, 2.05) is 84.9 Å². The van der Waals surface area contributed by atoms with Crippen LogP contribution in [0.15, 0.2) is 140 Å². The van der Waals surface area contributed by atoms with Crippen LogP contribution < -0.4 is 14.8 Å². The van der Waals surface area contributed by atoms with Crippen molar-refractivity contribution in [3.8, 4) is 34.1 Å². The molecule has 0 fully saturated rings. The van der Waals surface area contributed by atoms with Gasteiger partial charge in [-0.05, 0) is 65.2 Å². The minimum Gasteiger partial charge on any atom is -0.508 e. The molecule has 0 aliphatic carbocycles. The molecule has 8 rings (SSSR count). The Kier molecular flexibility index (Phi) is 6.73. The van der Waals surface area contributed by atoms with Crippen LogP contribution in [0.2, 0.25) is 0 Å². The maximum absolute atomic E-state index is 13.6. The lowest BCUT2D eigenvalue weighted by atomic mass is 9.77. The number of esters is 1. The van der Waals surface area contributed by atoms with Gasteiger partial charge in [0.1, 0.15) is 29.6 Å². The van der Waals surface area contributed by atoms with Crippen molar-refractivity contribution in [2.75, 3.05) is 5.32 Å². The number of aromatic hydroxyl groups is 1. The van der Waals surface area contributed by atoms with Crippen molar-refractivity contribution in [3.05, 3.63) is 173 Å². The highest BCUT2D eigenvalue weighted by Gasteiger charge is 2.53. The summed E-state index contributed by atoms with van der Waals surface area (Å²) in [5, 5.41) is 13.2. The summed E-state index contributed by atoms with van der Waals surface area (Å²) >= 11 is 0. The van der Waals surface area contributed by atoms with Crippen molar-refractivity contribution in [2.45, 2.75) is 12.2 Å². The zero-order valence-corrected chi connectivity index (χ0v) is 25.0. The molecule has 47 heavy (non-hydrogen) atoms. The van der Waals surface area contributed by atoms with E-state index in [0.717, 1.165) is 16.7 Å². The van der Waals surface area contributed by atoms with Crippen molar-refractivity contribution in [1.82, 2.24) is 0 Å². The molecule has 0 aromatic heterocycles. The number of rotatable bonds is 6. The summed E-state index contributed by atoms with van der Waals surface area (Å²) in [5.74, 6) is 0.537. The predicted molar refractivity (Wildman–Crippen MR) is 177 cm³/mol. The van der Waals surface area contributed by atoms with E-state index in [0.29, 0.717) is 57.4 Å². The van der Waals surface area contributed by atoms with Gasteiger partial charge in [0, 0.05) is 40.1 Å². The van der Waals surface area contributed by atoms with E-state index < -0.39 is 11.6 Å². The van der Waals surface area contributed by atoms with Gasteiger partial charge in [0.15, 0.2) is 5.60 Å². The first-order valence-electron chi connectivity index (χ1n) is 15.2. The van der Waals surface area contributed by atoms with Crippen molar-refractivity contribution in [2.24, 2.45) is 0 Å². The van der Waals surface area contributed by atoms with Crippen molar-refractivity contribution in [1.29, 1.82) is 0 Å². The molecule has 6 aromatic carbocycles. The molecule has 0 saturated heterocycles. The number of carbonyl (C=O) groups is 2. The fourth-order valence-electron chi connectivity index (χ4n) is 6.25. The zero-order chi connectivity index (χ0) is 32.0. The number of phenolic OH excluding ortho intramolecular Hbond substituents is 1. The number of fused-ring (bicyclic) bond motifs is 6. The molecular formula is C40H27NO6. The van der Waals surface area contributed by atoms with Crippen molar-refractivity contribution < 1.29 is 28.9 Å². The molecule has 2 heterocycles. The van der Waals surface area contributed by atoms with Crippen LogP contribution in [0.3, 0.4) is 0 Å². The first-order valence-corrected chi connectivity index (χ1v) is 15.2. The number of phenols is 1. The smallest absolute Gasteiger partial charge is 0.340 e. The molecule has 0 bridgehead atoms. The molecule has 0 radical (unpaired) electrons. The predicted octanol–water partition coefficient (Wildman–Crippen LogP) is 8.46. The molecule has 1 spiro atoms. The Morgan fingerprint density at radius 1 is 0.702 bits per heavy atom. The Labute approximate surface area is 270 Å². The summed E-state index contributed by atoms with van der Waals surface area (Å²) in [6, 6.07) is 42.5. The lowest BCUT2D eigenvalue weighted by molar-refractivity contribution is 0.0224. The first-order chi connectivity index (χ1) is 23.0. The van der Waals surface area contributed by atoms with E-state index >= 15 is 0 Å². The second-order valence-corrected chi connectivity index (χ2v) is 11.4. The van der Waals surface area contributed by atoms with Gasteiger partial charge in [0.25, 0.3) is 5.91 Å². The number of amides is 1. The molecule has 6 aromatic rings. The van der Waals surface area contributed by atoms with E-state index in [2.05, 4.69) is 5.32 Å². The van der Waals surface area contributed by atoms with Crippen molar-refractivity contribution in [3.63, 3.8) is 0 Å². The summed E-state index contributed by atoms with van der Waals surface area (Å²) in [6.45, 7) is 0.367. The molecule has 7 heteroatoms. The van der Waals surface area contributed by atoms with Crippen LogP contribution in [0.25, 0.3) is 11.1 Å². The molecule has 2 N–H and O–H groups in total. The van der Waals surface area contributed by atoms with Crippen LogP contribution in [0.1, 0.15) is 43.0 Å². The number of anilines is 1. The van der Waals surface area contributed by atoms with E-state index in [1.165, 1.54) is 12.1 Å². The molecule has 1 atom stereocenters. The standard InChI is InChI=1S/C40H27NO6/c42-30-16-19-34-36(22-30)46-37-23-31(45-24-25-7-3-1-4-8-25)17-20-35(37)40(34)33-18-15-29(21-32(33)39(44)47-40)41-38(43)28-13-11-27(12-14-28)26-9-5-2-6-10-26/h1-23,42H,24H2,(H,41,43). The van der Waals surface area contributed by atoms with Gasteiger partial charge < -0.3 is 24.6 Å². The molecule has 7 nitrogen and oxygen atoms in total. The van der Waals surface area contributed by atoms with Gasteiger partial charge in [-0.2, -0.15) is 0 Å². The third-order valence-electron chi connectivity index (χ3n) is 8.52. The van der Waals surface area contributed by atoms with Gasteiger partial charge in [-0.15, -0.1) is 0 Å². The number of hydrogen-bond acceptors (Lipinski definition) is 6. The average Bonchev–Trinajstić information content (AvgIpc) is 3.39. The van der Waals surface area contributed by atoms with Crippen LogP contribution in [0.5, 0.6) is 23.0 Å². The summed E-state index contributed by atoms with van der Waals surface area (Å²) < 4.78 is 18.6. The molecule has 2 aliphatic rings. The number of hydrogen-bond donors (Lipinski definition) is 2. The van der Waals surface area contributed by atoms with Gasteiger partial charge in [0.2, 0.25) is 0 Å². The Morgan fingerprint density at radius 3 is 2.13 bits per heavy atom. The van der Waals surface area contributed by atoms with E-state index in [9.17, 15) is 14.7 Å². The van der Waals surface area contributed by atoms with Gasteiger partial charge in [-0.25, -0.2) is 4.79 Å². The first kappa shape index (κ1) is 28.2. The summed E-state index contributed by atoms with van der Waals surface area (Å²) in [6.07, 6.45) is 0. The van der Waals surface area contributed by atoms with E-state index in [4.69, 9.17) is 14.2 Å². The largest absolute Gasteiger partial charge is 0.508 e. The maximum Gasteiger partial charge on any atom is 0.340 e. The highest BCUT2D eigenvalue weighted by atomic mass is 16.6. The Balaban J connectivity index is 1.12. The molecular weight excluding hydrogens is 590 g/mol. The van der Waals surface area contributed by atoms with Gasteiger partial charge in [-0.1, -0.05) is 78.9 Å². The third-order valence-corrected chi connectivity index (χ3v) is 8.52. The van der Waals surface area contributed by atoms with Crippen LogP contribution in [-0.2, 0) is 16.9 Å². The maximum atomic E-state index is 13.6.